The molecule has 4 rings (SSSR count). The summed E-state index contributed by atoms with van der Waals surface area (Å²) < 4.78 is 42.4. The van der Waals surface area contributed by atoms with Crippen LogP contribution in [0, 0.1) is 0 Å². The molecule has 11 heteroatoms. The maximum absolute atomic E-state index is 12.9. The van der Waals surface area contributed by atoms with Crippen molar-refractivity contribution < 1.29 is 17.9 Å². The Hall–Kier alpha value is -3.21. The van der Waals surface area contributed by atoms with Crippen LogP contribution in [0.2, 0.25) is 0 Å². The zero-order valence-corrected chi connectivity index (χ0v) is 15.1. The fraction of sp³-hybridized carbons (Fsp3) is 0.176. The molecule has 0 aliphatic carbocycles. The molecule has 0 amide bonds. The number of aromatic nitrogens is 4. The lowest BCUT2D eigenvalue weighted by molar-refractivity contribution is -0.274. The number of nitrogens with one attached hydrogen (secondary N) is 1. The van der Waals surface area contributed by atoms with Crippen molar-refractivity contribution in [2.45, 2.75) is 13.3 Å². The molecule has 0 saturated carbocycles. The fourth-order valence-electron chi connectivity index (χ4n) is 2.76. The second-order valence-electron chi connectivity index (χ2n) is 5.67. The average molecular weight is 407 g/mol. The van der Waals surface area contributed by atoms with Gasteiger partial charge in [0, 0.05) is 6.54 Å². The van der Waals surface area contributed by atoms with E-state index in [9.17, 15) is 18.0 Å². The molecule has 0 aliphatic heterocycles. The summed E-state index contributed by atoms with van der Waals surface area (Å²) in [6.07, 6.45) is -2.03. The van der Waals surface area contributed by atoms with E-state index in [1.807, 2.05) is 6.92 Å². The summed E-state index contributed by atoms with van der Waals surface area (Å²) in [5.41, 5.74) is 0.499. The van der Waals surface area contributed by atoms with Gasteiger partial charge in [-0.15, -0.1) is 24.5 Å². The smallest absolute Gasteiger partial charge is 0.406 e. The van der Waals surface area contributed by atoms with E-state index in [-0.39, 0.29) is 11.3 Å². The SMILES string of the molecule is CCNc1ncnc2sc3c(=O)n(-c4ccc(OC(F)(F)F)cc4)cnc3c12. The summed E-state index contributed by atoms with van der Waals surface area (Å²) in [4.78, 5) is 26.3. The number of ether oxygens (including phenoxy) is 1. The Bertz CT molecular complexity index is 1220. The standard InChI is InChI=1S/C17H12F3N5O2S/c1-2-21-14-11-12-13(28-15(11)23-7-22-14)16(26)25(8-24-12)9-3-5-10(6-4-9)27-17(18,19)20/h3-8H,2H2,1H3,(H,21,22,23). The Labute approximate surface area is 159 Å². The van der Waals surface area contributed by atoms with E-state index < -0.39 is 6.36 Å². The zero-order chi connectivity index (χ0) is 19.9. The summed E-state index contributed by atoms with van der Waals surface area (Å²) in [6, 6.07) is 4.98. The van der Waals surface area contributed by atoms with Crippen LogP contribution in [-0.4, -0.2) is 32.4 Å². The van der Waals surface area contributed by atoms with Crippen molar-refractivity contribution in [3.8, 4) is 11.4 Å². The highest BCUT2D eigenvalue weighted by atomic mass is 32.1. The normalized spacial score (nSPS) is 11.9. The first-order valence-corrected chi connectivity index (χ1v) is 8.94. The molecule has 0 aliphatic rings. The summed E-state index contributed by atoms with van der Waals surface area (Å²) in [6.45, 7) is 2.57. The third-order valence-electron chi connectivity index (χ3n) is 3.87. The number of alkyl halides is 3. The van der Waals surface area contributed by atoms with E-state index in [0.29, 0.717) is 38.5 Å². The largest absolute Gasteiger partial charge is 0.573 e. The number of hydrogen-bond donors (Lipinski definition) is 1. The minimum Gasteiger partial charge on any atom is -0.406 e. The number of hydrogen-bond acceptors (Lipinski definition) is 7. The average Bonchev–Trinajstić information content (AvgIpc) is 3.03. The molecule has 0 saturated heterocycles. The van der Waals surface area contributed by atoms with Crippen molar-refractivity contribution in [1.29, 1.82) is 0 Å². The molecule has 144 valence electrons. The van der Waals surface area contributed by atoms with Crippen LogP contribution in [0.3, 0.4) is 0 Å². The van der Waals surface area contributed by atoms with Gasteiger partial charge in [-0.3, -0.25) is 9.36 Å². The number of rotatable bonds is 4. The minimum atomic E-state index is -4.78. The van der Waals surface area contributed by atoms with Gasteiger partial charge >= 0.3 is 6.36 Å². The molecule has 0 bridgehead atoms. The van der Waals surface area contributed by atoms with Gasteiger partial charge < -0.3 is 10.1 Å². The second kappa shape index (κ2) is 6.75. The lowest BCUT2D eigenvalue weighted by Gasteiger charge is -2.10. The van der Waals surface area contributed by atoms with Crippen molar-refractivity contribution in [2.75, 3.05) is 11.9 Å². The quantitative estimate of drug-likeness (QED) is 0.555. The Morgan fingerprint density at radius 1 is 1.18 bits per heavy atom. The number of benzene rings is 1. The van der Waals surface area contributed by atoms with Crippen LogP contribution < -0.4 is 15.6 Å². The first kappa shape index (κ1) is 18.2. The molecule has 7 nitrogen and oxygen atoms in total. The van der Waals surface area contributed by atoms with Gasteiger partial charge in [-0.25, -0.2) is 15.0 Å². The number of halogens is 3. The first-order valence-electron chi connectivity index (χ1n) is 8.12. The molecule has 0 radical (unpaired) electrons. The van der Waals surface area contributed by atoms with Crippen LogP contribution in [0.1, 0.15) is 6.92 Å². The summed E-state index contributed by atoms with van der Waals surface area (Å²) >= 11 is 1.19. The van der Waals surface area contributed by atoms with Gasteiger partial charge in [0.2, 0.25) is 0 Å². The lowest BCUT2D eigenvalue weighted by Crippen LogP contribution is -2.18. The van der Waals surface area contributed by atoms with Crippen molar-refractivity contribution in [1.82, 2.24) is 19.5 Å². The van der Waals surface area contributed by atoms with Crippen LogP contribution in [0.25, 0.3) is 26.1 Å². The van der Waals surface area contributed by atoms with Crippen LogP contribution >= 0.6 is 11.3 Å². The molecular formula is C17H12F3N5O2S. The van der Waals surface area contributed by atoms with Crippen LogP contribution in [-0.2, 0) is 0 Å². The van der Waals surface area contributed by atoms with Crippen LogP contribution in [0.5, 0.6) is 5.75 Å². The number of nitrogens with zero attached hydrogens (tertiary/aromatic N) is 4. The highest BCUT2D eigenvalue weighted by Crippen LogP contribution is 2.33. The van der Waals surface area contributed by atoms with Crippen LogP contribution in [0.4, 0.5) is 19.0 Å². The third kappa shape index (κ3) is 3.24. The van der Waals surface area contributed by atoms with E-state index in [1.165, 1.54) is 40.7 Å². The van der Waals surface area contributed by atoms with E-state index in [1.54, 1.807) is 0 Å². The van der Waals surface area contributed by atoms with Crippen molar-refractivity contribution in [2.24, 2.45) is 0 Å². The molecule has 0 unspecified atom stereocenters. The molecule has 28 heavy (non-hydrogen) atoms. The highest BCUT2D eigenvalue weighted by Gasteiger charge is 2.31. The first-order chi connectivity index (χ1) is 13.4. The summed E-state index contributed by atoms with van der Waals surface area (Å²) in [5, 5.41) is 3.79. The van der Waals surface area contributed by atoms with E-state index in [2.05, 4.69) is 25.0 Å². The number of anilines is 1. The Balaban J connectivity index is 1.81. The third-order valence-corrected chi connectivity index (χ3v) is 4.95. The van der Waals surface area contributed by atoms with Gasteiger partial charge in [-0.1, -0.05) is 0 Å². The van der Waals surface area contributed by atoms with E-state index in [4.69, 9.17) is 0 Å². The molecule has 0 spiro atoms. The number of thiophene rings is 1. The molecule has 3 heterocycles. The molecule has 0 atom stereocenters. The van der Waals surface area contributed by atoms with Crippen molar-refractivity contribution in [3.63, 3.8) is 0 Å². The summed E-state index contributed by atoms with van der Waals surface area (Å²) in [7, 11) is 0. The molecule has 0 fully saturated rings. The molecule has 1 N–H and O–H groups in total. The molecule has 4 aromatic rings. The minimum absolute atomic E-state index is 0.347. The van der Waals surface area contributed by atoms with Gasteiger partial charge in [0.05, 0.1) is 11.1 Å². The lowest BCUT2D eigenvalue weighted by atomic mass is 10.3. The Morgan fingerprint density at radius 2 is 1.93 bits per heavy atom. The van der Waals surface area contributed by atoms with Gasteiger partial charge in [-0.05, 0) is 31.2 Å². The van der Waals surface area contributed by atoms with Crippen LogP contribution in [0.15, 0.2) is 41.7 Å². The fourth-order valence-corrected chi connectivity index (χ4v) is 3.78. The molecule has 1 aromatic carbocycles. The maximum Gasteiger partial charge on any atom is 0.573 e. The zero-order valence-electron chi connectivity index (χ0n) is 14.3. The summed E-state index contributed by atoms with van der Waals surface area (Å²) in [5.74, 6) is 0.225. The topological polar surface area (TPSA) is 81.9 Å². The second-order valence-corrected chi connectivity index (χ2v) is 6.67. The predicted octanol–water partition coefficient (Wildman–Crippen LogP) is 3.72. The molecule has 3 aromatic heterocycles. The molecular weight excluding hydrogens is 395 g/mol. The van der Waals surface area contributed by atoms with Gasteiger partial charge in [0.15, 0.2) is 0 Å². The van der Waals surface area contributed by atoms with Crippen molar-refractivity contribution >= 4 is 37.6 Å². The highest BCUT2D eigenvalue weighted by molar-refractivity contribution is 7.25. The van der Waals surface area contributed by atoms with Gasteiger partial charge in [0.25, 0.3) is 5.56 Å². The maximum atomic E-state index is 12.9. The van der Waals surface area contributed by atoms with Gasteiger partial charge in [0.1, 0.15) is 39.3 Å². The van der Waals surface area contributed by atoms with Crippen molar-refractivity contribution in [3.05, 3.63) is 47.3 Å². The number of fused-ring (bicyclic) bond motifs is 3. The monoisotopic (exact) mass is 407 g/mol. The van der Waals surface area contributed by atoms with E-state index in [0.717, 1.165) is 12.1 Å². The van der Waals surface area contributed by atoms with Gasteiger partial charge in [-0.2, -0.15) is 0 Å². The Morgan fingerprint density at radius 3 is 2.61 bits per heavy atom. The Kier molecular flexibility index (Phi) is 4.38. The van der Waals surface area contributed by atoms with E-state index >= 15 is 0 Å². The predicted molar refractivity (Wildman–Crippen MR) is 99.2 cm³/mol.